The van der Waals surface area contributed by atoms with E-state index in [9.17, 15) is 4.79 Å². The summed E-state index contributed by atoms with van der Waals surface area (Å²) in [5.74, 6) is 1.42. The Labute approximate surface area is 108 Å². The molecular formula is C15H20N2O. The van der Waals surface area contributed by atoms with Crippen LogP contribution >= 0.6 is 0 Å². The van der Waals surface area contributed by atoms with E-state index >= 15 is 0 Å². The molecule has 1 aliphatic carbocycles. The molecule has 2 N–H and O–H groups in total. The Morgan fingerprint density at radius 2 is 2.06 bits per heavy atom. The summed E-state index contributed by atoms with van der Waals surface area (Å²) in [5, 5.41) is 6.50. The van der Waals surface area contributed by atoms with E-state index in [1.807, 2.05) is 18.2 Å². The molecular weight excluding hydrogens is 224 g/mol. The molecule has 2 fully saturated rings. The van der Waals surface area contributed by atoms with Gasteiger partial charge in [-0.1, -0.05) is 37.3 Å². The maximum absolute atomic E-state index is 12.2. The molecule has 3 heteroatoms. The second-order valence-corrected chi connectivity index (χ2v) is 5.61. The highest BCUT2D eigenvalue weighted by atomic mass is 16.2. The molecule has 1 saturated carbocycles. The zero-order valence-corrected chi connectivity index (χ0v) is 10.7. The van der Waals surface area contributed by atoms with Gasteiger partial charge in [-0.15, -0.1) is 0 Å². The highest BCUT2D eigenvalue weighted by Gasteiger charge is 2.44. The SMILES string of the molecule is CC1CNCC1NC(=O)C1CC1c1ccccc1. The number of nitrogens with one attached hydrogen (secondary N) is 2. The standard InChI is InChI=1S/C15H20N2O/c1-10-8-16-9-14(10)17-15(18)13-7-12(13)11-5-3-2-4-6-11/h2-6,10,12-14,16H,7-9H2,1H3,(H,17,18). The molecule has 0 aromatic heterocycles. The average molecular weight is 244 g/mol. The quantitative estimate of drug-likeness (QED) is 0.846. The number of hydrogen-bond acceptors (Lipinski definition) is 2. The van der Waals surface area contributed by atoms with Gasteiger partial charge in [0.15, 0.2) is 0 Å². The third kappa shape index (κ3) is 2.27. The minimum absolute atomic E-state index is 0.195. The van der Waals surface area contributed by atoms with E-state index in [-0.39, 0.29) is 11.8 Å². The first-order valence-electron chi connectivity index (χ1n) is 6.81. The smallest absolute Gasteiger partial charge is 0.224 e. The highest BCUT2D eigenvalue weighted by molar-refractivity contribution is 5.83. The Morgan fingerprint density at radius 3 is 2.72 bits per heavy atom. The molecule has 0 radical (unpaired) electrons. The molecule has 18 heavy (non-hydrogen) atoms. The first kappa shape index (κ1) is 11.7. The van der Waals surface area contributed by atoms with E-state index in [0.29, 0.717) is 17.9 Å². The summed E-state index contributed by atoms with van der Waals surface area (Å²) in [5.41, 5.74) is 1.30. The molecule has 1 aromatic rings. The Morgan fingerprint density at radius 1 is 1.28 bits per heavy atom. The summed E-state index contributed by atoms with van der Waals surface area (Å²) >= 11 is 0. The van der Waals surface area contributed by atoms with E-state index in [1.165, 1.54) is 5.56 Å². The zero-order chi connectivity index (χ0) is 12.5. The molecule has 1 aromatic carbocycles. The average Bonchev–Trinajstić information content (AvgIpc) is 3.10. The Hall–Kier alpha value is -1.35. The molecule has 1 heterocycles. The van der Waals surface area contributed by atoms with Crippen LogP contribution in [-0.4, -0.2) is 25.0 Å². The lowest BCUT2D eigenvalue weighted by Gasteiger charge is -2.16. The van der Waals surface area contributed by atoms with Gasteiger partial charge < -0.3 is 10.6 Å². The zero-order valence-electron chi connectivity index (χ0n) is 10.7. The van der Waals surface area contributed by atoms with Crippen molar-refractivity contribution in [3.63, 3.8) is 0 Å². The summed E-state index contributed by atoms with van der Waals surface area (Å²) in [7, 11) is 0. The van der Waals surface area contributed by atoms with Crippen molar-refractivity contribution in [2.75, 3.05) is 13.1 Å². The fourth-order valence-electron chi connectivity index (χ4n) is 2.85. The fourth-order valence-corrected chi connectivity index (χ4v) is 2.85. The third-order valence-electron chi connectivity index (χ3n) is 4.20. The van der Waals surface area contributed by atoms with Gasteiger partial charge >= 0.3 is 0 Å². The predicted octanol–water partition coefficient (Wildman–Crippen LogP) is 1.51. The molecule has 4 atom stereocenters. The van der Waals surface area contributed by atoms with Crippen LogP contribution in [-0.2, 0) is 4.79 Å². The fraction of sp³-hybridized carbons (Fsp3) is 0.533. The van der Waals surface area contributed by atoms with Crippen LogP contribution < -0.4 is 10.6 Å². The van der Waals surface area contributed by atoms with Gasteiger partial charge in [0.2, 0.25) is 5.91 Å². The molecule has 3 nitrogen and oxygen atoms in total. The molecule has 96 valence electrons. The Bertz CT molecular complexity index is 431. The van der Waals surface area contributed by atoms with E-state index in [0.717, 1.165) is 19.5 Å². The second kappa shape index (κ2) is 4.73. The first-order chi connectivity index (χ1) is 8.75. The van der Waals surface area contributed by atoms with Gasteiger partial charge in [-0.2, -0.15) is 0 Å². The van der Waals surface area contributed by atoms with Gasteiger partial charge in [0, 0.05) is 18.5 Å². The minimum atomic E-state index is 0.195. The number of amides is 1. The van der Waals surface area contributed by atoms with Crippen LogP contribution in [0.5, 0.6) is 0 Å². The van der Waals surface area contributed by atoms with Crippen molar-refractivity contribution in [3.8, 4) is 0 Å². The molecule has 1 amide bonds. The van der Waals surface area contributed by atoms with E-state index in [2.05, 4.69) is 29.7 Å². The second-order valence-electron chi connectivity index (χ2n) is 5.61. The third-order valence-corrected chi connectivity index (χ3v) is 4.20. The van der Waals surface area contributed by atoms with Gasteiger partial charge in [-0.3, -0.25) is 4.79 Å². The van der Waals surface area contributed by atoms with Crippen molar-refractivity contribution in [2.45, 2.75) is 25.3 Å². The first-order valence-corrected chi connectivity index (χ1v) is 6.81. The lowest BCUT2D eigenvalue weighted by molar-refractivity contribution is -0.123. The lowest BCUT2D eigenvalue weighted by Crippen LogP contribution is -2.40. The van der Waals surface area contributed by atoms with Crippen LogP contribution in [0.2, 0.25) is 0 Å². The number of hydrogen-bond donors (Lipinski definition) is 2. The van der Waals surface area contributed by atoms with Crippen molar-refractivity contribution in [3.05, 3.63) is 35.9 Å². The van der Waals surface area contributed by atoms with Crippen molar-refractivity contribution in [1.29, 1.82) is 0 Å². The van der Waals surface area contributed by atoms with Crippen LogP contribution in [0.15, 0.2) is 30.3 Å². The minimum Gasteiger partial charge on any atom is -0.352 e. The summed E-state index contributed by atoms with van der Waals surface area (Å²) in [4.78, 5) is 12.2. The molecule has 2 aliphatic rings. The van der Waals surface area contributed by atoms with E-state index in [4.69, 9.17) is 0 Å². The molecule has 1 aliphatic heterocycles. The van der Waals surface area contributed by atoms with Crippen LogP contribution in [0, 0.1) is 11.8 Å². The summed E-state index contributed by atoms with van der Waals surface area (Å²) in [6.45, 7) is 4.11. The van der Waals surface area contributed by atoms with Crippen LogP contribution in [0.3, 0.4) is 0 Å². The number of benzene rings is 1. The number of carbonyl (C=O) groups excluding carboxylic acids is 1. The number of rotatable bonds is 3. The topological polar surface area (TPSA) is 41.1 Å². The lowest BCUT2D eigenvalue weighted by atomic mass is 10.1. The van der Waals surface area contributed by atoms with Crippen LogP contribution in [0.4, 0.5) is 0 Å². The molecule has 1 saturated heterocycles. The van der Waals surface area contributed by atoms with Crippen LogP contribution in [0.1, 0.15) is 24.8 Å². The van der Waals surface area contributed by atoms with Gasteiger partial charge in [0.05, 0.1) is 0 Å². The Kier molecular flexibility index (Phi) is 3.08. The van der Waals surface area contributed by atoms with Crippen molar-refractivity contribution in [1.82, 2.24) is 10.6 Å². The number of carbonyl (C=O) groups is 1. The van der Waals surface area contributed by atoms with Crippen molar-refractivity contribution in [2.24, 2.45) is 11.8 Å². The van der Waals surface area contributed by atoms with Crippen molar-refractivity contribution >= 4 is 5.91 Å². The molecule has 3 rings (SSSR count). The molecule has 0 spiro atoms. The van der Waals surface area contributed by atoms with Crippen molar-refractivity contribution < 1.29 is 4.79 Å². The summed E-state index contributed by atoms with van der Waals surface area (Å²) in [6, 6.07) is 10.7. The summed E-state index contributed by atoms with van der Waals surface area (Å²) < 4.78 is 0. The van der Waals surface area contributed by atoms with Crippen LogP contribution in [0.25, 0.3) is 0 Å². The summed E-state index contributed by atoms with van der Waals surface area (Å²) in [6.07, 6.45) is 1.00. The van der Waals surface area contributed by atoms with Gasteiger partial charge in [0.1, 0.15) is 0 Å². The predicted molar refractivity (Wildman–Crippen MR) is 71.3 cm³/mol. The highest BCUT2D eigenvalue weighted by Crippen LogP contribution is 2.47. The molecule has 0 bridgehead atoms. The Balaban J connectivity index is 1.56. The van der Waals surface area contributed by atoms with Gasteiger partial charge in [0.25, 0.3) is 0 Å². The van der Waals surface area contributed by atoms with E-state index in [1.54, 1.807) is 0 Å². The van der Waals surface area contributed by atoms with Gasteiger partial charge in [-0.05, 0) is 30.4 Å². The molecule has 4 unspecified atom stereocenters. The maximum Gasteiger partial charge on any atom is 0.224 e. The monoisotopic (exact) mass is 244 g/mol. The van der Waals surface area contributed by atoms with E-state index < -0.39 is 0 Å². The normalized spacial score (nSPS) is 34.3. The largest absolute Gasteiger partial charge is 0.352 e. The maximum atomic E-state index is 12.2. The van der Waals surface area contributed by atoms with Gasteiger partial charge in [-0.25, -0.2) is 0 Å².